The summed E-state index contributed by atoms with van der Waals surface area (Å²) in [6.45, 7) is 5.87. The molecule has 3 aromatic carbocycles. The summed E-state index contributed by atoms with van der Waals surface area (Å²) in [5.41, 5.74) is 5.66. The number of piperazine rings is 1. The summed E-state index contributed by atoms with van der Waals surface area (Å²) in [6, 6.07) is 15.3. The van der Waals surface area contributed by atoms with Crippen molar-refractivity contribution in [2.45, 2.75) is 0 Å². The summed E-state index contributed by atoms with van der Waals surface area (Å²) >= 11 is 3.64. The van der Waals surface area contributed by atoms with Crippen molar-refractivity contribution in [3.05, 3.63) is 46.9 Å². The molecule has 6 rings (SSSR count). The Morgan fingerprint density at radius 3 is 2.29 bits per heavy atom. The number of nitrogens with one attached hydrogen (secondary N) is 3. The van der Waals surface area contributed by atoms with E-state index >= 15 is 0 Å². The molecule has 7 heteroatoms. The Morgan fingerprint density at radius 2 is 1.55 bits per heavy atom. The fraction of sp³-hybridized carbons (Fsp3) is 0.250. The first-order valence-electron chi connectivity index (χ1n) is 10.9. The van der Waals surface area contributed by atoms with Gasteiger partial charge in [0, 0.05) is 69.8 Å². The standard InChI is InChI=1S/C24H24BBrN4O/c25-14-1-3-20-16(11-14)18-13-19-17-12-15(26)2-4-21(17)29-23(19)24(22(18)28-20)31-10-9-30-7-5-27-6-8-30/h1-4,11-13,27-29H,5-10,25H2. The van der Waals surface area contributed by atoms with E-state index in [4.69, 9.17) is 4.74 Å². The van der Waals surface area contributed by atoms with Gasteiger partial charge in [-0.2, -0.15) is 0 Å². The average Bonchev–Trinajstić information content (AvgIpc) is 3.32. The van der Waals surface area contributed by atoms with Crippen LogP contribution in [-0.4, -0.2) is 62.0 Å². The number of fused-ring (bicyclic) bond motifs is 6. The number of H-pyrrole nitrogens is 2. The van der Waals surface area contributed by atoms with E-state index in [1.807, 2.05) is 0 Å². The molecule has 3 N–H and O–H groups in total. The van der Waals surface area contributed by atoms with Gasteiger partial charge in [0.05, 0.1) is 11.0 Å². The van der Waals surface area contributed by atoms with Crippen LogP contribution in [-0.2, 0) is 0 Å². The van der Waals surface area contributed by atoms with E-state index in [2.05, 4.69) is 86.4 Å². The lowest BCUT2D eigenvalue weighted by Gasteiger charge is -2.27. The molecule has 0 bridgehead atoms. The van der Waals surface area contributed by atoms with Crippen LogP contribution in [0.3, 0.4) is 0 Å². The molecule has 0 saturated carbocycles. The Labute approximate surface area is 189 Å². The lowest BCUT2D eigenvalue weighted by molar-refractivity contribution is 0.193. The van der Waals surface area contributed by atoms with Gasteiger partial charge in [-0.05, 0) is 30.3 Å². The van der Waals surface area contributed by atoms with E-state index in [0.717, 1.165) is 65.0 Å². The number of aromatic amines is 2. The van der Waals surface area contributed by atoms with Crippen LogP contribution >= 0.6 is 15.9 Å². The van der Waals surface area contributed by atoms with Crippen molar-refractivity contribution in [2.75, 3.05) is 39.3 Å². The maximum atomic E-state index is 6.52. The van der Waals surface area contributed by atoms with E-state index in [1.54, 1.807) is 0 Å². The molecule has 0 unspecified atom stereocenters. The fourth-order valence-electron chi connectivity index (χ4n) is 4.79. The first-order valence-corrected chi connectivity index (χ1v) is 11.7. The number of ether oxygens (including phenoxy) is 1. The average molecular weight is 475 g/mol. The zero-order chi connectivity index (χ0) is 20.9. The molecule has 0 aliphatic carbocycles. The molecular formula is C24H24BBrN4O. The van der Waals surface area contributed by atoms with Crippen molar-refractivity contribution in [2.24, 2.45) is 0 Å². The van der Waals surface area contributed by atoms with Gasteiger partial charge in [-0.15, -0.1) is 0 Å². The van der Waals surface area contributed by atoms with Crippen LogP contribution in [0.25, 0.3) is 43.6 Å². The predicted molar refractivity (Wildman–Crippen MR) is 136 cm³/mol. The second-order valence-corrected chi connectivity index (χ2v) is 9.40. The molecule has 0 amide bonds. The van der Waals surface area contributed by atoms with E-state index in [1.165, 1.54) is 27.0 Å². The van der Waals surface area contributed by atoms with Crippen LogP contribution in [0.4, 0.5) is 0 Å². The van der Waals surface area contributed by atoms with Gasteiger partial charge in [0.2, 0.25) is 0 Å². The smallest absolute Gasteiger partial charge is 0.167 e. The van der Waals surface area contributed by atoms with Crippen LogP contribution in [0, 0.1) is 0 Å². The zero-order valence-electron chi connectivity index (χ0n) is 17.5. The molecule has 3 heterocycles. The molecule has 2 aromatic heterocycles. The topological polar surface area (TPSA) is 56.1 Å². The number of hydrogen-bond donors (Lipinski definition) is 3. The largest absolute Gasteiger partial charge is 0.488 e. The quantitative estimate of drug-likeness (QED) is 0.350. The van der Waals surface area contributed by atoms with Crippen molar-refractivity contribution in [1.29, 1.82) is 0 Å². The number of aromatic nitrogens is 2. The van der Waals surface area contributed by atoms with Gasteiger partial charge in [-0.1, -0.05) is 33.5 Å². The SMILES string of the molecule is Bc1ccc2[nH]c3c(OCCN4CCNCC4)c4[nH]c5ccc(Br)cc5c4cc3c2c1. The summed E-state index contributed by atoms with van der Waals surface area (Å²) in [7, 11) is 2.14. The minimum atomic E-state index is 0.668. The lowest BCUT2D eigenvalue weighted by Crippen LogP contribution is -2.44. The first-order chi connectivity index (χ1) is 15.2. The molecule has 1 aliphatic heterocycles. The number of hydrogen-bond acceptors (Lipinski definition) is 3. The van der Waals surface area contributed by atoms with Gasteiger partial charge in [-0.25, -0.2) is 0 Å². The molecule has 0 radical (unpaired) electrons. The van der Waals surface area contributed by atoms with E-state index in [9.17, 15) is 0 Å². The molecular weight excluding hydrogens is 451 g/mol. The molecule has 5 aromatic rings. The first kappa shape index (κ1) is 19.2. The summed E-state index contributed by atoms with van der Waals surface area (Å²) in [5.74, 6) is 0.920. The summed E-state index contributed by atoms with van der Waals surface area (Å²) < 4.78 is 7.60. The highest BCUT2D eigenvalue weighted by Gasteiger charge is 2.18. The molecule has 156 valence electrons. The van der Waals surface area contributed by atoms with E-state index < -0.39 is 0 Å². The third-order valence-corrected chi connectivity index (χ3v) is 6.89. The van der Waals surface area contributed by atoms with Crippen molar-refractivity contribution in [1.82, 2.24) is 20.2 Å². The maximum Gasteiger partial charge on any atom is 0.167 e. The highest BCUT2D eigenvalue weighted by Crippen LogP contribution is 2.41. The van der Waals surface area contributed by atoms with Crippen LogP contribution in [0.2, 0.25) is 0 Å². The van der Waals surface area contributed by atoms with Gasteiger partial charge in [0.25, 0.3) is 0 Å². The third kappa shape index (κ3) is 3.32. The lowest BCUT2D eigenvalue weighted by atomic mass is 9.94. The summed E-state index contributed by atoms with van der Waals surface area (Å²) in [5, 5.41) is 8.28. The Kier molecular flexibility index (Phi) is 4.71. The van der Waals surface area contributed by atoms with Crippen LogP contribution < -0.4 is 15.5 Å². The Bertz CT molecular complexity index is 1340. The molecule has 1 fully saturated rings. The van der Waals surface area contributed by atoms with Gasteiger partial charge < -0.3 is 20.0 Å². The van der Waals surface area contributed by atoms with Gasteiger partial charge in [-0.3, -0.25) is 4.90 Å². The molecule has 1 aliphatic rings. The third-order valence-electron chi connectivity index (χ3n) is 6.40. The summed E-state index contributed by atoms with van der Waals surface area (Å²) in [4.78, 5) is 9.72. The molecule has 5 nitrogen and oxygen atoms in total. The fourth-order valence-corrected chi connectivity index (χ4v) is 5.16. The van der Waals surface area contributed by atoms with Crippen LogP contribution in [0.5, 0.6) is 5.75 Å². The Morgan fingerprint density at radius 1 is 0.871 bits per heavy atom. The number of rotatable bonds is 4. The van der Waals surface area contributed by atoms with Crippen molar-refractivity contribution >= 4 is 72.9 Å². The zero-order valence-corrected chi connectivity index (χ0v) is 19.1. The number of benzene rings is 3. The molecule has 1 saturated heterocycles. The van der Waals surface area contributed by atoms with Gasteiger partial charge in [0.1, 0.15) is 14.5 Å². The minimum absolute atomic E-state index is 0.668. The van der Waals surface area contributed by atoms with Crippen LogP contribution in [0.1, 0.15) is 0 Å². The van der Waals surface area contributed by atoms with Gasteiger partial charge >= 0.3 is 0 Å². The van der Waals surface area contributed by atoms with Crippen molar-refractivity contribution < 1.29 is 4.74 Å². The second-order valence-electron chi connectivity index (χ2n) is 8.48. The van der Waals surface area contributed by atoms with Crippen molar-refractivity contribution in [3.63, 3.8) is 0 Å². The van der Waals surface area contributed by atoms with Crippen LogP contribution in [0.15, 0.2) is 46.9 Å². The predicted octanol–water partition coefficient (Wildman–Crippen LogP) is 3.26. The van der Waals surface area contributed by atoms with E-state index in [0.29, 0.717) is 6.61 Å². The maximum absolute atomic E-state index is 6.52. The van der Waals surface area contributed by atoms with E-state index in [-0.39, 0.29) is 0 Å². The molecule has 0 spiro atoms. The van der Waals surface area contributed by atoms with Gasteiger partial charge in [0.15, 0.2) is 5.75 Å². The molecule has 0 atom stereocenters. The summed E-state index contributed by atoms with van der Waals surface area (Å²) in [6.07, 6.45) is 0. The normalized spacial score (nSPS) is 15.5. The Hall–Kier alpha value is -2.48. The highest BCUT2D eigenvalue weighted by molar-refractivity contribution is 9.10. The van der Waals surface area contributed by atoms with Crippen molar-refractivity contribution in [3.8, 4) is 5.75 Å². The monoisotopic (exact) mass is 474 g/mol. The second kappa shape index (κ2) is 7.59. The number of nitrogens with zero attached hydrogens (tertiary/aromatic N) is 1. The minimum Gasteiger partial charge on any atom is -0.488 e. The Balaban J connectivity index is 1.53. The highest BCUT2D eigenvalue weighted by atomic mass is 79.9. The number of halogens is 1. The molecule has 31 heavy (non-hydrogen) atoms.